The normalized spacial score (nSPS) is 14.4. The zero-order valence-electron chi connectivity index (χ0n) is 10.7. The van der Waals surface area contributed by atoms with Crippen LogP contribution in [0.25, 0.3) is 6.08 Å². The summed E-state index contributed by atoms with van der Waals surface area (Å²) in [4.78, 5) is 11.5. The Hall–Kier alpha value is -1.65. The molecule has 1 amide bonds. The maximum atomic E-state index is 11.5. The predicted octanol–water partition coefficient (Wildman–Crippen LogP) is 0.868. The van der Waals surface area contributed by atoms with E-state index in [1.807, 2.05) is 31.2 Å². The molecule has 1 aromatic rings. The number of carbonyl (C=O) groups is 1. The zero-order valence-corrected chi connectivity index (χ0v) is 10.7. The van der Waals surface area contributed by atoms with E-state index in [0.29, 0.717) is 0 Å². The molecule has 0 heterocycles. The zero-order chi connectivity index (χ0) is 13.6. The second-order valence-electron chi connectivity index (χ2n) is 4.62. The number of rotatable bonds is 5. The van der Waals surface area contributed by atoms with Gasteiger partial charge in [-0.1, -0.05) is 29.8 Å². The molecule has 0 saturated carbocycles. The van der Waals surface area contributed by atoms with Gasteiger partial charge < -0.3 is 15.5 Å². The van der Waals surface area contributed by atoms with Gasteiger partial charge >= 0.3 is 0 Å². The van der Waals surface area contributed by atoms with Gasteiger partial charge in [0.25, 0.3) is 0 Å². The Balaban J connectivity index is 2.47. The van der Waals surface area contributed by atoms with Gasteiger partial charge in [-0.25, -0.2) is 0 Å². The highest BCUT2D eigenvalue weighted by atomic mass is 16.3. The quantitative estimate of drug-likeness (QED) is 0.678. The summed E-state index contributed by atoms with van der Waals surface area (Å²) in [5, 5.41) is 20.8. The standard InChI is InChI=1S/C14H19NO3/c1-11-3-5-12(6-4-11)7-8-13(17)15-9-14(2,18)10-16/h3-8,16,18H,9-10H2,1-2H3,(H,15,17). The lowest BCUT2D eigenvalue weighted by Crippen LogP contribution is -2.42. The molecule has 0 aliphatic carbocycles. The minimum Gasteiger partial charge on any atom is -0.393 e. The lowest BCUT2D eigenvalue weighted by Gasteiger charge is -2.19. The van der Waals surface area contributed by atoms with Crippen LogP contribution in [0.1, 0.15) is 18.1 Å². The lowest BCUT2D eigenvalue weighted by molar-refractivity contribution is -0.117. The minimum atomic E-state index is -1.28. The summed E-state index contributed by atoms with van der Waals surface area (Å²) in [6.45, 7) is 3.07. The maximum Gasteiger partial charge on any atom is 0.244 e. The fourth-order valence-corrected chi connectivity index (χ4v) is 1.24. The first-order valence-electron chi connectivity index (χ1n) is 5.79. The van der Waals surface area contributed by atoms with Crippen molar-refractivity contribution in [1.29, 1.82) is 0 Å². The Kier molecular flexibility index (Phi) is 5.07. The second-order valence-corrected chi connectivity index (χ2v) is 4.62. The van der Waals surface area contributed by atoms with Crippen molar-refractivity contribution in [2.45, 2.75) is 19.4 Å². The number of hydrogen-bond donors (Lipinski definition) is 3. The Labute approximate surface area is 107 Å². The average molecular weight is 249 g/mol. The van der Waals surface area contributed by atoms with Gasteiger partial charge in [0, 0.05) is 12.6 Å². The topological polar surface area (TPSA) is 69.6 Å². The second kappa shape index (κ2) is 6.33. The molecule has 0 spiro atoms. The van der Waals surface area contributed by atoms with E-state index in [9.17, 15) is 9.90 Å². The summed E-state index contributed by atoms with van der Waals surface area (Å²) in [6.07, 6.45) is 3.10. The monoisotopic (exact) mass is 249 g/mol. The highest BCUT2D eigenvalue weighted by molar-refractivity contribution is 5.91. The minimum absolute atomic E-state index is 0.0145. The van der Waals surface area contributed by atoms with Gasteiger partial charge in [-0.05, 0) is 25.5 Å². The number of aliphatic hydroxyl groups is 2. The first kappa shape index (κ1) is 14.4. The Bertz CT molecular complexity index is 421. The van der Waals surface area contributed by atoms with E-state index < -0.39 is 12.2 Å². The molecule has 0 bridgehead atoms. The van der Waals surface area contributed by atoms with Crippen molar-refractivity contribution in [2.75, 3.05) is 13.2 Å². The molecule has 0 saturated heterocycles. The largest absolute Gasteiger partial charge is 0.393 e. The van der Waals surface area contributed by atoms with Crippen LogP contribution in [0.3, 0.4) is 0 Å². The van der Waals surface area contributed by atoms with Gasteiger partial charge in [-0.3, -0.25) is 4.79 Å². The number of aryl methyl sites for hydroxylation is 1. The molecule has 18 heavy (non-hydrogen) atoms. The summed E-state index contributed by atoms with van der Waals surface area (Å²) in [5.74, 6) is -0.302. The molecule has 0 aromatic heterocycles. The molecule has 4 nitrogen and oxygen atoms in total. The SMILES string of the molecule is Cc1ccc(C=CC(=O)NCC(C)(O)CO)cc1. The number of amides is 1. The third-order valence-electron chi connectivity index (χ3n) is 2.49. The van der Waals surface area contributed by atoms with Gasteiger partial charge in [-0.2, -0.15) is 0 Å². The van der Waals surface area contributed by atoms with Gasteiger partial charge in [-0.15, -0.1) is 0 Å². The molecule has 1 atom stereocenters. The van der Waals surface area contributed by atoms with Gasteiger partial charge in [0.2, 0.25) is 5.91 Å². The fourth-order valence-electron chi connectivity index (χ4n) is 1.24. The highest BCUT2D eigenvalue weighted by Gasteiger charge is 2.18. The van der Waals surface area contributed by atoms with E-state index in [2.05, 4.69) is 5.32 Å². The maximum absolute atomic E-state index is 11.5. The molecule has 1 unspecified atom stereocenters. The van der Waals surface area contributed by atoms with Crippen LogP contribution in [0, 0.1) is 6.92 Å². The van der Waals surface area contributed by atoms with Crippen molar-refractivity contribution in [3.8, 4) is 0 Å². The molecular weight excluding hydrogens is 230 g/mol. The van der Waals surface area contributed by atoms with Crippen molar-refractivity contribution in [2.24, 2.45) is 0 Å². The van der Waals surface area contributed by atoms with E-state index in [4.69, 9.17) is 5.11 Å². The highest BCUT2D eigenvalue weighted by Crippen LogP contribution is 2.05. The summed E-state index contributed by atoms with van der Waals surface area (Å²) < 4.78 is 0. The van der Waals surface area contributed by atoms with Gasteiger partial charge in [0.1, 0.15) is 5.60 Å². The van der Waals surface area contributed by atoms with Crippen molar-refractivity contribution in [3.05, 3.63) is 41.5 Å². The molecule has 0 aliphatic heterocycles. The van der Waals surface area contributed by atoms with Crippen LogP contribution in [-0.2, 0) is 4.79 Å². The molecule has 4 heteroatoms. The van der Waals surface area contributed by atoms with E-state index >= 15 is 0 Å². The van der Waals surface area contributed by atoms with Crippen LogP contribution in [0.15, 0.2) is 30.3 Å². The molecule has 1 aromatic carbocycles. The van der Waals surface area contributed by atoms with E-state index in [-0.39, 0.29) is 12.5 Å². The Morgan fingerprint density at radius 3 is 2.56 bits per heavy atom. The van der Waals surface area contributed by atoms with Crippen LogP contribution < -0.4 is 5.32 Å². The smallest absolute Gasteiger partial charge is 0.244 e. The Morgan fingerprint density at radius 2 is 2.00 bits per heavy atom. The van der Waals surface area contributed by atoms with E-state index in [1.54, 1.807) is 6.08 Å². The lowest BCUT2D eigenvalue weighted by atomic mass is 10.1. The van der Waals surface area contributed by atoms with Crippen molar-refractivity contribution in [1.82, 2.24) is 5.32 Å². The number of hydrogen-bond acceptors (Lipinski definition) is 3. The predicted molar refractivity (Wildman–Crippen MR) is 70.9 cm³/mol. The molecular formula is C14H19NO3. The van der Waals surface area contributed by atoms with Crippen LogP contribution in [0.5, 0.6) is 0 Å². The van der Waals surface area contributed by atoms with Crippen LogP contribution in [0.2, 0.25) is 0 Å². The molecule has 1 rings (SSSR count). The van der Waals surface area contributed by atoms with Crippen LogP contribution >= 0.6 is 0 Å². The fraction of sp³-hybridized carbons (Fsp3) is 0.357. The average Bonchev–Trinajstić information content (AvgIpc) is 2.36. The molecule has 0 radical (unpaired) electrons. The van der Waals surface area contributed by atoms with Crippen LogP contribution in [0.4, 0.5) is 0 Å². The number of benzene rings is 1. The van der Waals surface area contributed by atoms with E-state index in [1.165, 1.54) is 13.0 Å². The van der Waals surface area contributed by atoms with Gasteiger partial charge in [0.15, 0.2) is 0 Å². The van der Waals surface area contributed by atoms with Crippen molar-refractivity contribution >= 4 is 12.0 Å². The van der Waals surface area contributed by atoms with Gasteiger partial charge in [0.05, 0.1) is 6.61 Å². The summed E-state index contributed by atoms with van der Waals surface area (Å²) in [7, 11) is 0. The Morgan fingerprint density at radius 1 is 1.39 bits per heavy atom. The number of aliphatic hydroxyl groups excluding tert-OH is 1. The van der Waals surface area contributed by atoms with Crippen molar-refractivity contribution in [3.63, 3.8) is 0 Å². The third kappa shape index (κ3) is 5.12. The molecule has 98 valence electrons. The van der Waals surface area contributed by atoms with Crippen LogP contribution in [-0.4, -0.2) is 34.9 Å². The van der Waals surface area contributed by atoms with E-state index in [0.717, 1.165) is 11.1 Å². The first-order valence-corrected chi connectivity index (χ1v) is 5.79. The van der Waals surface area contributed by atoms with Crippen molar-refractivity contribution < 1.29 is 15.0 Å². The summed E-state index contributed by atoms with van der Waals surface area (Å²) in [5.41, 5.74) is 0.813. The number of carbonyl (C=O) groups excluding carboxylic acids is 1. The molecule has 0 fully saturated rings. The summed E-state index contributed by atoms with van der Waals surface area (Å²) in [6, 6.07) is 7.77. The first-order chi connectivity index (χ1) is 8.43. The number of nitrogens with one attached hydrogen (secondary N) is 1. The summed E-state index contributed by atoms with van der Waals surface area (Å²) >= 11 is 0. The third-order valence-corrected chi connectivity index (χ3v) is 2.49. The molecule has 0 aliphatic rings. The molecule has 3 N–H and O–H groups in total.